The molecule has 9 nitrogen and oxygen atoms in total. The molecule has 1 amide bonds. The number of hydrogen-bond acceptors (Lipinski definition) is 5. The fraction of sp³-hybridized carbons (Fsp3) is 0.353. The molecule has 1 aliphatic rings. The Hall–Kier alpha value is -3.23. The first kappa shape index (κ1) is 16.2. The van der Waals surface area contributed by atoms with Gasteiger partial charge in [0.1, 0.15) is 17.6 Å². The molecule has 3 heterocycles. The quantitative estimate of drug-likeness (QED) is 0.728. The van der Waals surface area contributed by atoms with E-state index in [4.69, 9.17) is 5.11 Å². The van der Waals surface area contributed by atoms with Crippen LogP contribution in [0, 0.1) is 0 Å². The lowest BCUT2D eigenvalue weighted by Gasteiger charge is -2.33. The fourth-order valence-electron chi connectivity index (χ4n) is 3.51. The first-order valence-corrected chi connectivity index (χ1v) is 8.45. The van der Waals surface area contributed by atoms with Crippen LogP contribution in [-0.4, -0.2) is 60.2 Å². The number of likely N-dealkylation sites (tertiary alicyclic amines) is 1. The number of carboxylic acids is 1. The van der Waals surface area contributed by atoms with Crippen LogP contribution in [-0.2, 0) is 11.3 Å². The highest BCUT2D eigenvalue weighted by molar-refractivity contribution is 5.97. The molecule has 1 aliphatic heterocycles. The SMILES string of the molecule is O=C(O)Cn1nccc1[C@@H]1CCCN(C(=O)c2ccc3n[nH]nc3c2)C1. The molecule has 26 heavy (non-hydrogen) atoms. The summed E-state index contributed by atoms with van der Waals surface area (Å²) in [6, 6.07) is 7.10. The molecule has 4 rings (SSSR count). The van der Waals surface area contributed by atoms with Gasteiger partial charge in [-0.15, -0.1) is 0 Å². The number of hydrogen-bond donors (Lipinski definition) is 2. The molecule has 3 aromatic rings. The largest absolute Gasteiger partial charge is 0.480 e. The summed E-state index contributed by atoms with van der Waals surface area (Å²) in [6.45, 7) is 1.05. The Balaban J connectivity index is 1.53. The molecule has 0 spiro atoms. The minimum atomic E-state index is -0.931. The van der Waals surface area contributed by atoms with Crippen molar-refractivity contribution in [3.8, 4) is 0 Å². The molecule has 1 fully saturated rings. The van der Waals surface area contributed by atoms with E-state index >= 15 is 0 Å². The van der Waals surface area contributed by atoms with Gasteiger partial charge in [-0.3, -0.25) is 14.3 Å². The second-order valence-corrected chi connectivity index (χ2v) is 6.42. The third-order valence-electron chi connectivity index (χ3n) is 4.72. The lowest BCUT2D eigenvalue weighted by Crippen LogP contribution is -2.39. The van der Waals surface area contributed by atoms with Crippen LogP contribution in [0.2, 0.25) is 0 Å². The van der Waals surface area contributed by atoms with Crippen molar-refractivity contribution in [3.05, 3.63) is 41.7 Å². The Labute approximate surface area is 148 Å². The maximum absolute atomic E-state index is 12.9. The standard InChI is InChI=1S/C17H18N6O3/c24-16(25)10-23-15(5-6-18-23)12-2-1-7-22(9-12)17(26)11-3-4-13-14(8-11)20-21-19-13/h3-6,8,12H,1-2,7,9-10H2,(H,24,25)(H,19,20,21)/t12-/m1/s1. The molecular formula is C17H18N6O3. The number of nitrogens with one attached hydrogen (secondary N) is 1. The molecule has 2 N–H and O–H groups in total. The van der Waals surface area contributed by atoms with Gasteiger partial charge in [0.2, 0.25) is 0 Å². The predicted molar refractivity (Wildman–Crippen MR) is 91.6 cm³/mol. The number of rotatable bonds is 4. The van der Waals surface area contributed by atoms with E-state index in [-0.39, 0.29) is 18.4 Å². The molecule has 0 radical (unpaired) electrons. The highest BCUT2D eigenvalue weighted by atomic mass is 16.4. The van der Waals surface area contributed by atoms with Crippen molar-refractivity contribution in [2.75, 3.05) is 13.1 Å². The van der Waals surface area contributed by atoms with E-state index in [1.807, 2.05) is 11.0 Å². The Kier molecular flexibility index (Phi) is 4.11. The summed E-state index contributed by atoms with van der Waals surface area (Å²) >= 11 is 0. The van der Waals surface area contributed by atoms with Gasteiger partial charge < -0.3 is 10.0 Å². The van der Waals surface area contributed by atoms with Crippen molar-refractivity contribution in [3.63, 3.8) is 0 Å². The van der Waals surface area contributed by atoms with E-state index in [9.17, 15) is 9.59 Å². The average Bonchev–Trinajstić information content (AvgIpc) is 3.29. The number of fused-ring (bicyclic) bond motifs is 1. The number of aromatic nitrogens is 5. The van der Waals surface area contributed by atoms with Crippen molar-refractivity contribution in [1.82, 2.24) is 30.1 Å². The Morgan fingerprint density at radius 1 is 1.23 bits per heavy atom. The highest BCUT2D eigenvalue weighted by Crippen LogP contribution is 2.28. The van der Waals surface area contributed by atoms with Gasteiger partial charge >= 0.3 is 5.97 Å². The van der Waals surface area contributed by atoms with Crippen LogP contribution in [0.4, 0.5) is 0 Å². The monoisotopic (exact) mass is 354 g/mol. The number of amides is 1. The van der Waals surface area contributed by atoms with E-state index in [0.29, 0.717) is 24.2 Å². The minimum absolute atomic E-state index is 0.0519. The van der Waals surface area contributed by atoms with Crippen molar-refractivity contribution in [2.45, 2.75) is 25.3 Å². The smallest absolute Gasteiger partial charge is 0.325 e. The Morgan fingerprint density at radius 3 is 2.92 bits per heavy atom. The summed E-state index contributed by atoms with van der Waals surface area (Å²) in [5, 5.41) is 23.7. The maximum atomic E-state index is 12.9. The molecule has 1 atom stereocenters. The van der Waals surface area contributed by atoms with Crippen molar-refractivity contribution in [1.29, 1.82) is 0 Å². The number of carbonyl (C=O) groups excluding carboxylic acids is 1. The predicted octanol–water partition coefficient (Wildman–Crippen LogP) is 1.26. The van der Waals surface area contributed by atoms with Gasteiger partial charge in [-0.05, 0) is 37.1 Å². The summed E-state index contributed by atoms with van der Waals surface area (Å²) < 4.78 is 1.50. The fourth-order valence-corrected chi connectivity index (χ4v) is 3.51. The molecule has 134 valence electrons. The van der Waals surface area contributed by atoms with Gasteiger partial charge in [-0.1, -0.05) is 0 Å². The van der Waals surface area contributed by atoms with Crippen LogP contribution in [0.15, 0.2) is 30.5 Å². The molecule has 0 bridgehead atoms. The third-order valence-corrected chi connectivity index (χ3v) is 4.72. The normalized spacial score (nSPS) is 17.5. The summed E-state index contributed by atoms with van der Waals surface area (Å²) in [4.78, 5) is 25.7. The first-order valence-electron chi connectivity index (χ1n) is 8.45. The second-order valence-electron chi connectivity index (χ2n) is 6.42. The number of H-pyrrole nitrogens is 1. The molecule has 0 aliphatic carbocycles. The van der Waals surface area contributed by atoms with Crippen molar-refractivity contribution >= 4 is 22.9 Å². The Bertz CT molecular complexity index is 962. The highest BCUT2D eigenvalue weighted by Gasteiger charge is 2.28. The molecule has 1 saturated heterocycles. The lowest BCUT2D eigenvalue weighted by molar-refractivity contribution is -0.137. The van der Waals surface area contributed by atoms with Crippen LogP contribution in [0.1, 0.15) is 34.8 Å². The van der Waals surface area contributed by atoms with E-state index in [0.717, 1.165) is 24.1 Å². The van der Waals surface area contributed by atoms with Crippen molar-refractivity contribution < 1.29 is 14.7 Å². The number of piperidine rings is 1. The zero-order chi connectivity index (χ0) is 18.1. The summed E-state index contributed by atoms with van der Waals surface area (Å²) in [7, 11) is 0. The van der Waals surface area contributed by atoms with Crippen LogP contribution in [0.3, 0.4) is 0 Å². The lowest BCUT2D eigenvalue weighted by atomic mass is 9.94. The molecule has 0 unspecified atom stereocenters. The summed E-state index contributed by atoms with van der Waals surface area (Å²) in [5.74, 6) is -0.908. The van der Waals surface area contributed by atoms with Crippen molar-refractivity contribution in [2.24, 2.45) is 0 Å². The second kappa shape index (κ2) is 6.58. The van der Waals surface area contributed by atoms with E-state index < -0.39 is 5.97 Å². The topological polar surface area (TPSA) is 117 Å². The molecular weight excluding hydrogens is 336 g/mol. The minimum Gasteiger partial charge on any atom is -0.480 e. The van der Waals surface area contributed by atoms with Crippen LogP contribution < -0.4 is 0 Å². The summed E-state index contributed by atoms with van der Waals surface area (Å²) in [6.07, 6.45) is 3.37. The molecule has 0 saturated carbocycles. The van der Waals surface area contributed by atoms with Crippen LogP contribution in [0.5, 0.6) is 0 Å². The summed E-state index contributed by atoms with van der Waals surface area (Å²) in [5.41, 5.74) is 2.81. The first-order chi connectivity index (χ1) is 12.6. The van der Waals surface area contributed by atoms with Gasteiger partial charge in [0, 0.05) is 36.5 Å². The van der Waals surface area contributed by atoms with Gasteiger partial charge in [0.15, 0.2) is 0 Å². The zero-order valence-corrected chi connectivity index (χ0v) is 14.0. The number of carboxylic acid groups (broad SMARTS) is 1. The average molecular weight is 354 g/mol. The maximum Gasteiger partial charge on any atom is 0.325 e. The van der Waals surface area contributed by atoms with Gasteiger partial charge in [0.25, 0.3) is 5.91 Å². The Morgan fingerprint density at radius 2 is 2.08 bits per heavy atom. The molecule has 1 aromatic carbocycles. The van der Waals surface area contributed by atoms with E-state index in [2.05, 4.69) is 20.5 Å². The van der Waals surface area contributed by atoms with E-state index in [1.54, 1.807) is 24.4 Å². The number of benzene rings is 1. The molecule has 2 aromatic heterocycles. The third kappa shape index (κ3) is 3.03. The van der Waals surface area contributed by atoms with E-state index in [1.165, 1.54) is 4.68 Å². The number of aromatic amines is 1. The number of carbonyl (C=O) groups is 2. The number of nitrogens with zero attached hydrogens (tertiary/aromatic N) is 5. The van der Waals surface area contributed by atoms with Gasteiger partial charge in [0.05, 0.1) is 0 Å². The van der Waals surface area contributed by atoms with Gasteiger partial charge in [-0.2, -0.15) is 20.5 Å². The number of aliphatic carboxylic acids is 1. The molecule has 9 heteroatoms. The van der Waals surface area contributed by atoms with Crippen LogP contribution >= 0.6 is 0 Å². The zero-order valence-electron chi connectivity index (χ0n) is 14.0. The van der Waals surface area contributed by atoms with Gasteiger partial charge in [-0.25, -0.2) is 0 Å². The van der Waals surface area contributed by atoms with Crippen LogP contribution in [0.25, 0.3) is 11.0 Å².